The van der Waals surface area contributed by atoms with Gasteiger partial charge in [0, 0.05) is 11.5 Å². The molecule has 0 radical (unpaired) electrons. The highest BCUT2D eigenvalue weighted by Crippen LogP contribution is 2.65. The number of hydrogen-bond acceptors (Lipinski definition) is 3. The Bertz CT molecular complexity index is 714. The average Bonchev–Trinajstić information content (AvgIpc) is 3.20. The van der Waals surface area contributed by atoms with Gasteiger partial charge in [0.2, 0.25) is 5.72 Å². The molecule has 2 aliphatic heterocycles. The first-order valence-electron chi connectivity index (χ1n) is 8.23. The van der Waals surface area contributed by atoms with Crippen molar-refractivity contribution in [1.29, 1.82) is 0 Å². The lowest BCUT2D eigenvalue weighted by atomic mass is 9.65. The van der Waals surface area contributed by atoms with Crippen molar-refractivity contribution in [3.63, 3.8) is 0 Å². The molecule has 0 aromatic heterocycles. The Morgan fingerprint density at radius 2 is 2.00 bits per heavy atom. The topological polar surface area (TPSA) is 49.7 Å². The number of benzene rings is 1. The zero-order chi connectivity index (χ0) is 15.7. The van der Waals surface area contributed by atoms with Crippen LogP contribution < -0.4 is 0 Å². The molecule has 5 atom stereocenters. The van der Waals surface area contributed by atoms with Crippen molar-refractivity contribution in [3.8, 4) is 0 Å². The number of hydroxylamine groups is 1. The van der Waals surface area contributed by atoms with Crippen molar-refractivity contribution in [1.82, 2.24) is 4.47 Å². The van der Waals surface area contributed by atoms with Gasteiger partial charge in [-0.2, -0.15) is 0 Å². The number of nitrogens with zero attached hydrogens (tertiary/aromatic N) is 1. The molecule has 2 heterocycles. The SMILES string of the molecule is CC(C)[C@@H]1CC[C@@H](C)C[C@H]1[C@@]12ON1S(=O)(=O)c1ccccc12. The average molecular weight is 321 g/mol. The largest absolute Gasteiger partial charge is 0.268 e. The first-order chi connectivity index (χ1) is 10.4. The molecule has 22 heavy (non-hydrogen) atoms. The van der Waals surface area contributed by atoms with Gasteiger partial charge >= 0.3 is 0 Å². The van der Waals surface area contributed by atoms with Crippen molar-refractivity contribution in [2.45, 2.75) is 50.7 Å². The van der Waals surface area contributed by atoms with Crippen LogP contribution in [0.15, 0.2) is 29.2 Å². The summed E-state index contributed by atoms with van der Waals surface area (Å²) in [6.07, 6.45) is 3.41. The van der Waals surface area contributed by atoms with Crippen LogP contribution in [-0.2, 0) is 20.6 Å². The van der Waals surface area contributed by atoms with Crippen LogP contribution in [-0.4, -0.2) is 12.9 Å². The van der Waals surface area contributed by atoms with Crippen molar-refractivity contribution in [2.75, 3.05) is 0 Å². The third-order valence-corrected chi connectivity index (χ3v) is 7.45. The summed E-state index contributed by atoms with van der Waals surface area (Å²) in [5.74, 6) is 1.90. The Labute approximate surface area is 132 Å². The molecule has 3 aliphatic rings. The zero-order valence-corrected chi connectivity index (χ0v) is 14.1. The summed E-state index contributed by atoms with van der Waals surface area (Å²) < 4.78 is 26.5. The van der Waals surface area contributed by atoms with Gasteiger partial charge in [-0.05, 0) is 41.1 Å². The van der Waals surface area contributed by atoms with E-state index in [4.69, 9.17) is 4.84 Å². The molecule has 1 unspecified atom stereocenters. The summed E-state index contributed by atoms with van der Waals surface area (Å²) in [5, 5.41) is 0. The Morgan fingerprint density at radius 3 is 2.73 bits per heavy atom. The third-order valence-electron chi connectivity index (χ3n) is 5.75. The fourth-order valence-electron chi connectivity index (χ4n) is 4.61. The van der Waals surface area contributed by atoms with E-state index in [-0.39, 0.29) is 5.92 Å². The second-order valence-corrected chi connectivity index (χ2v) is 9.17. The maximum atomic E-state index is 12.6. The van der Waals surface area contributed by atoms with E-state index < -0.39 is 15.7 Å². The molecule has 1 saturated heterocycles. The molecule has 0 spiro atoms. The van der Waals surface area contributed by atoms with Gasteiger partial charge in [-0.1, -0.05) is 45.4 Å². The van der Waals surface area contributed by atoms with Gasteiger partial charge in [0.05, 0.1) is 4.90 Å². The normalized spacial score (nSPS) is 42.0. The molecule has 2 fully saturated rings. The quantitative estimate of drug-likeness (QED) is 0.783. The standard InChI is InChI=1S/C17H23NO3S/c1-11(2)13-9-8-12(3)10-15(13)17-14-6-4-5-7-16(14)22(19,20)18(17)21-17/h4-7,11-13,15H,8-10H2,1-3H3/t12-,13+,15-,17-,18?/m1/s1. The van der Waals surface area contributed by atoms with Crippen LogP contribution in [0.1, 0.15) is 45.6 Å². The molecule has 1 aliphatic carbocycles. The number of sulfonamides is 1. The van der Waals surface area contributed by atoms with E-state index in [2.05, 4.69) is 20.8 Å². The molecule has 4 nitrogen and oxygen atoms in total. The summed E-state index contributed by atoms with van der Waals surface area (Å²) in [5.41, 5.74) is 0.124. The van der Waals surface area contributed by atoms with E-state index in [1.165, 1.54) is 10.9 Å². The maximum Gasteiger partial charge on any atom is 0.268 e. The molecule has 1 aromatic rings. The molecule has 0 N–H and O–H groups in total. The maximum absolute atomic E-state index is 12.6. The minimum absolute atomic E-state index is 0.245. The highest BCUT2D eigenvalue weighted by Gasteiger charge is 2.74. The van der Waals surface area contributed by atoms with Crippen LogP contribution in [0.2, 0.25) is 0 Å². The van der Waals surface area contributed by atoms with Crippen LogP contribution in [0.25, 0.3) is 0 Å². The minimum atomic E-state index is -3.47. The van der Waals surface area contributed by atoms with Gasteiger partial charge < -0.3 is 0 Å². The molecule has 1 saturated carbocycles. The summed E-state index contributed by atoms with van der Waals surface area (Å²) >= 11 is 0. The van der Waals surface area contributed by atoms with Gasteiger partial charge in [0.25, 0.3) is 10.0 Å². The monoisotopic (exact) mass is 321 g/mol. The highest BCUT2D eigenvalue weighted by atomic mass is 32.2. The third kappa shape index (κ3) is 1.73. The Kier molecular flexibility index (Phi) is 3.04. The predicted octanol–water partition coefficient (Wildman–Crippen LogP) is 3.50. The van der Waals surface area contributed by atoms with Crippen LogP contribution in [0.3, 0.4) is 0 Å². The molecule has 4 rings (SSSR count). The number of fused-ring (bicyclic) bond motifs is 3. The Hall–Kier alpha value is -0.910. The molecular weight excluding hydrogens is 298 g/mol. The number of hydrogen-bond donors (Lipinski definition) is 0. The predicted molar refractivity (Wildman–Crippen MR) is 83.1 cm³/mol. The first kappa shape index (κ1) is 14.7. The summed E-state index contributed by atoms with van der Waals surface area (Å²) in [7, 11) is -3.47. The van der Waals surface area contributed by atoms with Gasteiger partial charge in [-0.25, -0.2) is 13.3 Å². The Morgan fingerprint density at radius 1 is 1.27 bits per heavy atom. The van der Waals surface area contributed by atoms with Crippen LogP contribution >= 0.6 is 0 Å². The van der Waals surface area contributed by atoms with E-state index in [0.717, 1.165) is 18.4 Å². The van der Waals surface area contributed by atoms with Crippen LogP contribution in [0.5, 0.6) is 0 Å². The molecule has 0 amide bonds. The zero-order valence-electron chi connectivity index (χ0n) is 13.3. The molecular formula is C17H23NO3S. The van der Waals surface area contributed by atoms with E-state index in [9.17, 15) is 8.42 Å². The molecule has 1 aromatic carbocycles. The lowest BCUT2D eigenvalue weighted by Crippen LogP contribution is -2.37. The van der Waals surface area contributed by atoms with Crippen molar-refractivity contribution < 1.29 is 13.3 Å². The van der Waals surface area contributed by atoms with Gasteiger partial charge in [0.1, 0.15) is 0 Å². The highest BCUT2D eigenvalue weighted by molar-refractivity contribution is 7.89. The van der Waals surface area contributed by atoms with E-state index in [1.807, 2.05) is 12.1 Å². The molecule has 0 bridgehead atoms. The lowest BCUT2D eigenvalue weighted by molar-refractivity contribution is 0.0621. The van der Waals surface area contributed by atoms with Crippen molar-refractivity contribution in [2.24, 2.45) is 23.7 Å². The first-order valence-corrected chi connectivity index (χ1v) is 9.67. The van der Waals surface area contributed by atoms with Crippen molar-refractivity contribution >= 4 is 10.0 Å². The smallest absolute Gasteiger partial charge is 0.249 e. The fourth-order valence-corrected chi connectivity index (χ4v) is 6.34. The molecule has 120 valence electrons. The fraction of sp³-hybridized carbons (Fsp3) is 0.647. The second-order valence-electron chi connectivity index (χ2n) is 7.45. The van der Waals surface area contributed by atoms with E-state index >= 15 is 0 Å². The van der Waals surface area contributed by atoms with Gasteiger partial charge in [-0.3, -0.25) is 0 Å². The summed E-state index contributed by atoms with van der Waals surface area (Å²) in [6, 6.07) is 7.34. The summed E-state index contributed by atoms with van der Waals surface area (Å²) in [4.78, 5) is 6.23. The van der Waals surface area contributed by atoms with Crippen LogP contribution in [0, 0.1) is 23.7 Å². The Balaban J connectivity index is 1.83. The lowest BCUT2D eigenvalue weighted by Gasteiger charge is -2.39. The van der Waals surface area contributed by atoms with Crippen LogP contribution in [0.4, 0.5) is 0 Å². The minimum Gasteiger partial charge on any atom is -0.249 e. The molecule has 5 heteroatoms. The van der Waals surface area contributed by atoms with Crippen molar-refractivity contribution in [3.05, 3.63) is 29.8 Å². The number of rotatable bonds is 2. The van der Waals surface area contributed by atoms with Gasteiger partial charge in [0.15, 0.2) is 0 Å². The van der Waals surface area contributed by atoms with Gasteiger partial charge in [-0.15, -0.1) is 0 Å². The second kappa shape index (κ2) is 4.56. The van der Waals surface area contributed by atoms with E-state index in [0.29, 0.717) is 22.6 Å². The van der Waals surface area contributed by atoms with E-state index in [1.54, 1.807) is 12.1 Å². The summed E-state index contributed by atoms with van der Waals surface area (Å²) in [6.45, 7) is 6.75.